The van der Waals surface area contributed by atoms with Crippen LogP contribution >= 0.6 is 0 Å². The first-order chi connectivity index (χ1) is 11.4. The Kier molecular flexibility index (Phi) is 4.44. The van der Waals surface area contributed by atoms with E-state index < -0.39 is 22.5 Å². The molecule has 24 heavy (non-hydrogen) atoms. The van der Waals surface area contributed by atoms with Gasteiger partial charge in [-0.05, 0) is 42.0 Å². The van der Waals surface area contributed by atoms with Gasteiger partial charge in [0, 0.05) is 39.7 Å². The van der Waals surface area contributed by atoms with Crippen LogP contribution in [-0.2, 0) is 20.4 Å². The second-order valence-corrected chi connectivity index (χ2v) is 6.88. The number of hydrogen-bond donors (Lipinski definition) is 2. The zero-order valence-corrected chi connectivity index (χ0v) is 13.7. The highest BCUT2D eigenvalue weighted by atomic mass is 32.2. The van der Waals surface area contributed by atoms with E-state index in [0.29, 0.717) is 21.8 Å². The molecule has 1 aliphatic rings. The van der Waals surface area contributed by atoms with Crippen LogP contribution in [0.25, 0.3) is 0 Å². The Hall–Kier alpha value is -2.54. The quantitative estimate of drug-likeness (QED) is 0.897. The molecule has 2 aromatic carbocycles. The fraction of sp³-hybridized carbons (Fsp3) is 0.176. The lowest BCUT2D eigenvalue weighted by Crippen LogP contribution is -2.30. The fourth-order valence-electron chi connectivity index (χ4n) is 2.63. The Balaban J connectivity index is 1.82. The fourth-order valence-corrected chi connectivity index (χ4v) is 3.15. The van der Waals surface area contributed by atoms with E-state index >= 15 is 0 Å². The third kappa shape index (κ3) is 3.35. The van der Waals surface area contributed by atoms with E-state index in [1.807, 2.05) is 0 Å². The van der Waals surface area contributed by atoms with E-state index in [-0.39, 0.29) is 18.2 Å². The van der Waals surface area contributed by atoms with Gasteiger partial charge in [-0.25, -0.2) is 4.39 Å². The van der Waals surface area contributed by atoms with Crippen molar-refractivity contribution in [2.24, 2.45) is 0 Å². The van der Waals surface area contributed by atoms with Crippen molar-refractivity contribution in [1.82, 2.24) is 0 Å². The lowest BCUT2D eigenvalue weighted by Gasteiger charge is -2.24. The molecule has 7 heteroatoms. The minimum atomic E-state index is -1.09. The Morgan fingerprint density at radius 2 is 1.96 bits per heavy atom. The van der Waals surface area contributed by atoms with Gasteiger partial charge < -0.3 is 10.6 Å². The van der Waals surface area contributed by atoms with Crippen LogP contribution in [0, 0.1) is 5.82 Å². The van der Waals surface area contributed by atoms with Crippen molar-refractivity contribution in [1.29, 1.82) is 0 Å². The number of benzene rings is 2. The van der Waals surface area contributed by atoms with E-state index in [9.17, 15) is 18.2 Å². The highest BCUT2D eigenvalue weighted by molar-refractivity contribution is 7.84. The summed E-state index contributed by atoms with van der Waals surface area (Å²) in [7, 11) is -1.09. The number of amides is 2. The molecule has 2 atom stereocenters. The maximum atomic E-state index is 13.3. The van der Waals surface area contributed by atoms with Crippen LogP contribution < -0.4 is 10.6 Å². The third-order valence-corrected chi connectivity index (χ3v) is 4.76. The van der Waals surface area contributed by atoms with Crippen LogP contribution in [-0.4, -0.2) is 22.3 Å². The Morgan fingerprint density at radius 3 is 2.62 bits per heavy atom. The molecule has 0 spiro atoms. The molecule has 2 aromatic rings. The normalized spacial score (nSPS) is 17.6. The molecule has 1 heterocycles. The highest BCUT2D eigenvalue weighted by Crippen LogP contribution is 2.33. The molecule has 5 nitrogen and oxygen atoms in total. The topological polar surface area (TPSA) is 75.3 Å². The SMILES string of the molecule is C[S@](=O)c1ccc(NC(=O)[C@H]2CC(=O)Nc3cc(F)ccc32)cc1. The van der Waals surface area contributed by atoms with Gasteiger partial charge in [0.25, 0.3) is 0 Å². The molecular weight excluding hydrogens is 331 g/mol. The predicted octanol–water partition coefficient (Wildman–Crippen LogP) is 2.63. The summed E-state index contributed by atoms with van der Waals surface area (Å²) in [6.45, 7) is 0. The zero-order valence-electron chi connectivity index (χ0n) is 12.8. The first-order valence-electron chi connectivity index (χ1n) is 7.27. The van der Waals surface area contributed by atoms with Gasteiger partial charge in [-0.15, -0.1) is 0 Å². The number of carbonyl (C=O) groups is 2. The van der Waals surface area contributed by atoms with Gasteiger partial charge in [-0.1, -0.05) is 6.07 Å². The minimum absolute atomic E-state index is 0.00151. The van der Waals surface area contributed by atoms with Crippen molar-refractivity contribution < 1.29 is 18.2 Å². The van der Waals surface area contributed by atoms with Crippen LogP contribution in [0.4, 0.5) is 15.8 Å². The molecule has 0 unspecified atom stereocenters. The molecule has 2 amide bonds. The van der Waals surface area contributed by atoms with Crippen molar-refractivity contribution >= 4 is 34.0 Å². The van der Waals surface area contributed by atoms with Crippen LogP contribution in [0.5, 0.6) is 0 Å². The first kappa shape index (κ1) is 16.3. The number of hydrogen-bond acceptors (Lipinski definition) is 3. The van der Waals surface area contributed by atoms with Gasteiger partial charge in [0.1, 0.15) is 5.82 Å². The van der Waals surface area contributed by atoms with Gasteiger partial charge >= 0.3 is 0 Å². The number of fused-ring (bicyclic) bond motifs is 1. The average molecular weight is 346 g/mol. The molecule has 3 rings (SSSR count). The summed E-state index contributed by atoms with van der Waals surface area (Å²) >= 11 is 0. The number of carbonyl (C=O) groups excluding carboxylic acids is 2. The smallest absolute Gasteiger partial charge is 0.232 e. The number of anilines is 2. The average Bonchev–Trinajstić information content (AvgIpc) is 2.54. The molecule has 0 bridgehead atoms. The summed E-state index contributed by atoms with van der Waals surface area (Å²) < 4.78 is 24.7. The Bertz CT molecular complexity index is 836. The maximum Gasteiger partial charge on any atom is 0.232 e. The lowest BCUT2D eigenvalue weighted by molar-refractivity contribution is -0.123. The molecule has 2 N–H and O–H groups in total. The van der Waals surface area contributed by atoms with Crippen molar-refractivity contribution in [2.45, 2.75) is 17.2 Å². The van der Waals surface area contributed by atoms with Gasteiger partial charge in [-0.3, -0.25) is 13.8 Å². The standard InChI is InChI=1S/C17H15FN2O3S/c1-24(23)12-5-3-11(4-6-12)19-17(22)14-9-16(21)20-15-8-10(18)2-7-13(14)15/h2-8,14H,9H2,1H3,(H,19,22)(H,20,21)/t14-,24-/m0/s1. The van der Waals surface area contributed by atoms with Crippen molar-refractivity contribution in [2.75, 3.05) is 16.9 Å². The summed E-state index contributed by atoms with van der Waals surface area (Å²) in [6, 6.07) is 10.6. The first-order valence-corrected chi connectivity index (χ1v) is 8.83. The Labute approximate surface area is 140 Å². The van der Waals surface area contributed by atoms with Crippen molar-refractivity contribution in [3.63, 3.8) is 0 Å². The number of rotatable bonds is 3. The van der Waals surface area contributed by atoms with E-state index in [1.54, 1.807) is 30.5 Å². The van der Waals surface area contributed by atoms with Crippen molar-refractivity contribution in [3.05, 3.63) is 53.8 Å². The van der Waals surface area contributed by atoms with Gasteiger partial charge in [0.15, 0.2) is 0 Å². The number of halogens is 1. The van der Waals surface area contributed by atoms with E-state index in [1.165, 1.54) is 18.2 Å². The number of nitrogens with one attached hydrogen (secondary N) is 2. The van der Waals surface area contributed by atoms with E-state index in [4.69, 9.17) is 0 Å². The molecule has 0 saturated carbocycles. The second-order valence-electron chi connectivity index (χ2n) is 5.50. The molecule has 1 aliphatic heterocycles. The van der Waals surface area contributed by atoms with Gasteiger partial charge in [-0.2, -0.15) is 0 Å². The van der Waals surface area contributed by atoms with Crippen LogP contribution in [0.3, 0.4) is 0 Å². The predicted molar refractivity (Wildman–Crippen MR) is 89.8 cm³/mol. The van der Waals surface area contributed by atoms with E-state index in [0.717, 1.165) is 0 Å². The summed E-state index contributed by atoms with van der Waals surface area (Å²) in [6.07, 6.45) is 1.58. The van der Waals surface area contributed by atoms with Crippen LogP contribution in [0.1, 0.15) is 17.9 Å². The summed E-state index contributed by atoms with van der Waals surface area (Å²) in [5, 5.41) is 5.32. The van der Waals surface area contributed by atoms with Gasteiger partial charge in [0.05, 0.1) is 5.92 Å². The van der Waals surface area contributed by atoms with Crippen LogP contribution in [0.15, 0.2) is 47.4 Å². The van der Waals surface area contributed by atoms with E-state index in [2.05, 4.69) is 10.6 Å². The molecule has 0 saturated heterocycles. The van der Waals surface area contributed by atoms with Crippen molar-refractivity contribution in [3.8, 4) is 0 Å². The summed E-state index contributed by atoms with van der Waals surface area (Å²) in [5.74, 6) is -1.83. The minimum Gasteiger partial charge on any atom is -0.326 e. The maximum absolute atomic E-state index is 13.3. The molecular formula is C17H15FN2O3S. The lowest BCUT2D eigenvalue weighted by atomic mass is 9.89. The molecule has 0 aromatic heterocycles. The summed E-state index contributed by atoms with van der Waals surface area (Å²) in [5.41, 5.74) is 1.45. The molecule has 0 aliphatic carbocycles. The second kappa shape index (κ2) is 6.52. The summed E-state index contributed by atoms with van der Waals surface area (Å²) in [4.78, 5) is 25.0. The van der Waals surface area contributed by atoms with Crippen LogP contribution in [0.2, 0.25) is 0 Å². The van der Waals surface area contributed by atoms with Gasteiger partial charge in [0.2, 0.25) is 11.8 Å². The highest BCUT2D eigenvalue weighted by Gasteiger charge is 2.31. The Morgan fingerprint density at radius 1 is 1.25 bits per heavy atom. The molecule has 0 radical (unpaired) electrons. The molecule has 124 valence electrons. The third-order valence-electron chi connectivity index (χ3n) is 3.82. The monoisotopic (exact) mass is 346 g/mol. The zero-order chi connectivity index (χ0) is 17.3. The largest absolute Gasteiger partial charge is 0.326 e. The molecule has 0 fully saturated rings.